The smallest absolute Gasteiger partial charge is 0.446 e. The first-order valence-electron chi connectivity index (χ1n) is 7.96. The second kappa shape index (κ2) is 9.55. The lowest BCUT2D eigenvalue weighted by Gasteiger charge is -2.35. The topological polar surface area (TPSA) is 35.5 Å². The highest BCUT2D eigenvalue weighted by Gasteiger charge is 2.33. The molecule has 1 heterocycles. The molecule has 2 fully saturated rings. The molecule has 0 unspecified atom stereocenters. The van der Waals surface area contributed by atoms with E-state index in [4.69, 9.17) is 0 Å². The predicted octanol–water partition coefficient (Wildman–Crippen LogP) is 4.59. The van der Waals surface area contributed by atoms with Gasteiger partial charge in [0.25, 0.3) is 0 Å². The summed E-state index contributed by atoms with van der Waals surface area (Å²) in [6, 6.07) is 4.25. The zero-order chi connectivity index (χ0) is 16.4. The minimum Gasteiger partial charge on any atom is -0.508 e. The van der Waals surface area contributed by atoms with E-state index < -0.39 is 5.51 Å². The number of halogens is 5. The van der Waals surface area contributed by atoms with Crippen LogP contribution in [0.25, 0.3) is 0 Å². The Morgan fingerprint density at radius 1 is 1.20 bits per heavy atom. The van der Waals surface area contributed by atoms with Gasteiger partial charge < -0.3 is 10.4 Å². The fourth-order valence-electron chi connectivity index (χ4n) is 3.13. The zero-order valence-electron chi connectivity index (χ0n) is 13.6. The molecule has 1 aromatic carbocycles. The number of piperazine rings is 1. The lowest BCUT2D eigenvalue weighted by atomic mass is 9.97. The van der Waals surface area contributed by atoms with Crippen LogP contribution in [-0.2, 0) is 0 Å². The average Bonchev–Trinajstić information content (AvgIpc) is 3.31. The second-order valence-corrected chi connectivity index (χ2v) is 7.39. The second-order valence-electron chi connectivity index (χ2n) is 6.25. The molecule has 3 rings (SSSR count). The summed E-state index contributed by atoms with van der Waals surface area (Å²) in [6.07, 6.45) is 3.27. The van der Waals surface area contributed by atoms with Gasteiger partial charge in [-0.25, -0.2) is 0 Å². The highest BCUT2D eigenvalue weighted by molar-refractivity contribution is 8.00. The molecule has 0 amide bonds. The average molecular weight is 419 g/mol. The molecule has 1 aliphatic heterocycles. The third kappa shape index (κ3) is 6.71. The number of thioether (sulfide) groups is 1. The van der Waals surface area contributed by atoms with Crippen molar-refractivity contribution >= 4 is 36.6 Å². The van der Waals surface area contributed by atoms with Gasteiger partial charge in [0.05, 0.1) is 0 Å². The van der Waals surface area contributed by atoms with Gasteiger partial charge in [0.2, 0.25) is 0 Å². The van der Waals surface area contributed by atoms with E-state index in [0.29, 0.717) is 11.5 Å². The van der Waals surface area contributed by atoms with E-state index in [1.165, 1.54) is 31.0 Å². The molecule has 0 aromatic heterocycles. The molecular weight excluding hydrogens is 396 g/mol. The van der Waals surface area contributed by atoms with Crippen LogP contribution in [-0.4, -0.2) is 41.7 Å². The number of alkyl halides is 3. The Morgan fingerprint density at radius 3 is 2.40 bits per heavy atom. The van der Waals surface area contributed by atoms with Crippen LogP contribution in [0.15, 0.2) is 23.1 Å². The van der Waals surface area contributed by atoms with Crippen LogP contribution in [0, 0.1) is 5.92 Å². The number of phenols is 1. The van der Waals surface area contributed by atoms with Crippen LogP contribution in [0.3, 0.4) is 0 Å². The minimum absolute atomic E-state index is 0. The molecule has 25 heavy (non-hydrogen) atoms. The molecule has 2 N–H and O–H groups in total. The van der Waals surface area contributed by atoms with Crippen LogP contribution in [0.5, 0.6) is 5.75 Å². The quantitative estimate of drug-likeness (QED) is 0.685. The number of hydrogen-bond donors (Lipinski definition) is 2. The summed E-state index contributed by atoms with van der Waals surface area (Å²) in [5, 5.41) is 13.5. The number of hydrogen-bond acceptors (Lipinski definition) is 4. The molecule has 1 atom stereocenters. The van der Waals surface area contributed by atoms with E-state index >= 15 is 0 Å². The van der Waals surface area contributed by atoms with E-state index in [9.17, 15) is 18.3 Å². The fraction of sp³-hybridized carbons (Fsp3) is 0.625. The lowest BCUT2D eigenvalue weighted by molar-refractivity contribution is -0.0328. The molecule has 1 aromatic rings. The third-order valence-electron chi connectivity index (χ3n) is 4.44. The predicted molar refractivity (Wildman–Crippen MR) is 99.0 cm³/mol. The van der Waals surface area contributed by atoms with Gasteiger partial charge in [0.15, 0.2) is 0 Å². The Kier molecular flexibility index (Phi) is 8.67. The Bertz CT molecular complexity index is 553. The van der Waals surface area contributed by atoms with Gasteiger partial charge in [-0.1, -0.05) is 12.8 Å². The molecule has 3 nitrogen and oxygen atoms in total. The van der Waals surface area contributed by atoms with Crippen molar-refractivity contribution in [1.82, 2.24) is 10.2 Å². The van der Waals surface area contributed by atoms with Gasteiger partial charge in [-0.05, 0) is 42.3 Å². The molecule has 144 valence electrons. The van der Waals surface area contributed by atoms with Gasteiger partial charge >= 0.3 is 5.51 Å². The maximum Gasteiger partial charge on any atom is 0.446 e. The van der Waals surface area contributed by atoms with Gasteiger partial charge in [0.1, 0.15) is 5.75 Å². The maximum absolute atomic E-state index is 12.6. The number of nitrogens with zero attached hydrogens (tertiary/aromatic N) is 1. The molecule has 9 heteroatoms. The van der Waals surface area contributed by atoms with Crippen LogP contribution in [0.1, 0.15) is 30.9 Å². The molecule has 1 aliphatic carbocycles. The van der Waals surface area contributed by atoms with Crippen LogP contribution >= 0.6 is 36.6 Å². The largest absolute Gasteiger partial charge is 0.508 e. The highest BCUT2D eigenvalue weighted by Crippen LogP contribution is 2.44. The Hall–Kier alpha value is -0.340. The highest BCUT2D eigenvalue weighted by atomic mass is 35.5. The summed E-state index contributed by atoms with van der Waals surface area (Å²) in [5.74, 6) is 0.730. The van der Waals surface area contributed by atoms with Crippen molar-refractivity contribution in [3.63, 3.8) is 0 Å². The standard InChI is InChI=1S/C16H21F3N2OS.2ClH/c17-16(18,19)23-12-3-4-15(22)13(10-12)14(9-11-1-2-11)21-7-5-20-6-8-21;;/h3-4,10-11,14,20,22H,1-2,5-9H2;2*1H/t14-;;/m0../s1. The number of benzene rings is 1. The van der Waals surface area contributed by atoms with Crippen molar-refractivity contribution in [2.45, 2.75) is 35.7 Å². The Balaban J connectivity index is 0.00000156. The van der Waals surface area contributed by atoms with Crippen molar-refractivity contribution in [2.24, 2.45) is 5.92 Å². The monoisotopic (exact) mass is 418 g/mol. The number of rotatable bonds is 5. The van der Waals surface area contributed by atoms with Crippen molar-refractivity contribution in [1.29, 1.82) is 0 Å². The van der Waals surface area contributed by atoms with E-state index in [-0.39, 0.29) is 53.3 Å². The third-order valence-corrected chi connectivity index (χ3v) is 5.16. The van der Waals surface area contributed by atoms with E-state index in [1.54, 1.807) is 0 Å². The normalized spacial score (nSPS) is 19.6. The van der Waals surface area contributed by atoms with Crippen molar-refractivity contribution in [2.75, 3.05) is 26.2 Å². The minimum atomic E-state index is -4.31. The SMILES string of the molecule is Cl.Cl.Oc1ccc(SC(F)(F)F)cc1[C@H](CC1CC1)N1CCNCC1. The fourth-order valence-corrected chi connectivity index (χ4v) is 3.72. The number of aromatic hydroxyl groups is 1. The first kappa shape index (κ1) is 22.7. The van der Waals surface area contributed by atoms with E-state index in [1.807, 2.05) is 0 Å². The van der Waals surface area contributed by atoms with Crippen molar-refractivity contribution in [3.8, 4) is 5.75 Å². The van der Waals surface area contributed by atoms with Crippen LogP contribution < -0.4 is 5.32 Å². The molecule has 1 saturated carbocycles. The van der Waals surface area contributed by atoms with E-state index in [0.717, 1.165) is 32.6 Å². The molecule has 0 bridgehead atoms. The summed E-state index contributed by atoms with van der Waals surface area (Å²) < 4.78 is 37.9. The van der Waals surface area contributed by atoms with Gasteiger partial charge in [0, 0.05) is 42.7 Å². The van der Waals surface area contributed by atoms with Crippen molar-refractivity contribution < 1.29 is 18.3 Å². The van der Waals surface area contributed by atoms with Crippen LogP contribution in [0.2, 0.25) is 0 Å². The molecule has 1 saturated heterocycles. The zero-order valence-corrected chi connectivity index (χ0v) is 16.0. The summed E-state index contributed by atoms with van der Waals surface area (Å²) in [7, 11) is 0. The molecule has 0 radical (unpaired) electrons. The number of nitrogens with one attached hydrogen (secondary N) is 1. The van der Waals surface area contributed by atoms with Gasteiger partial charge in [-0.3, -0.25) is 4.90 Å². The van der Waals surface area contributed by atoms with Crippen molar-refractivity contribution in [3.05, 3.63) is 23.8 Å². The van der Waals surface area contributed by atoms with Gasteiger partial charge in [-0.15, -0.1) is 24.8 Å². The Morgan fingerprint density at radius 2 is 1.84 bits per heavy atom. The lowest BCUT2D eigenvalue weighted by Crippen LogP contribution is -2.45. The molecule has 2 aliphatic rings. The molecular formula is C16H23Cl2F3N2OS. The van der Waals surface area contributed by atoms with Crippen LogP contribution in [0.4, 0.5) is 13.2 Å². The number of phenolic OH excluding ortho intramolecular Hbond substituents is 1. The summed E-state index contributed by atoms with van der Waals surface area (Å²) >= 11 is -0.120. The van der Waals surface area contributed by atoms with Gasteiger partial charge in [-0.2, -0.15) is 13.2 Å². The Labute approximate surface area is 162 Å². The summed E-state index contributed by atoms with van der Waals surface area (Å²) in [4.78, 5) is 2.42. The maximum atomic E-state index is 12.6. The summed E-state index contributed by atoms with van der Waals surface area (Å²) in [5.41, 5.74) is -3.68. The summed E-state index contributed by atoms with van der Waals surface area (Å²) in [6.45, 7) is 3.46. The van der Waals surface area contributed by atoms with E-state index in [2.05, 4.69) is 10.2 Å². The first-order chi connectivity index (χ1) is 10.9. The first-order valence-corrected chi connectivity index (χ1v) is 8.77. The molecule has 0 spiro atoms.